The Labute approximate surface area is 130 Å². The number of nitrogen functional groups attached to an aromatic ring is 1. The minimum atomic E-state index is -0.531. The van der Waals surface area contributed by atoms with Gasteiger partial charge in [0.25, 0.3) is 0 Å². The molecular weight excluding hydrogens is 323 g/mol. The number of carbonyl (C=O) groups is 1. The SMILES string of the molecule is COC(=O)c1cc(N)ncc1-c1cc(Cl)c(Cl)c(Cl)c1. The number of carbonyl (C=O) groups excluding carboxylic acids is 1. The van der Waals surface area contributed by atoms with Crippen molar-refractivity contribution in [3.05, 3.63) is 45.0 Å². The van der Waals surface area contributed by atoms with Crippen molar-refractivity contribution in [1.29, 1.82) is 0 Å². The van der Waals surface area contributed by atoms with Gasteiger partial charge in [0, 0.05) is 11.8 Å². The summed E-state index contributed by atoms with van der Waals surface area (Å²) in [5.41, 5.74) is 6.96. The van der Waals surface area contributed by atoms with Gasteiger partial charge in [-0.3, -0.25) is 0 Å². The highest BCUT2D eigenvalue weighted by Crippen LogP contribution is 2.36. The monoisotopic (exact) mass is 330 g/mol. The molecule has 0 aliphatic heterocycles. The van der Waals surface area contributed by atoms with Crippen LogP contribution < -0.4 is 5.73 Å². The zero-order chi connectivity index (χ0) is 14.9. The summed E-state index contributed by atoms with van der Waals surface area (Å²) < 4.78 is 4.72. The van der Waals surface area contributed by atoms with Gasteiger partial charge in [0.15, 0.2) is 0 Å². The Morgan fingerprint density at radius 1 is 1.20 bits per heavy atom. The molecule has 0 spiro atoms. The fourth-order valence-corrected chi connectivity index (χ4v) is 2.29. The summed E-state index contributed by atoms with van der Waals surface area (Å²) in [7, 11) is 1.28. The fraction of sp³-hybridized carbons (Fsp3) is 0.0769. The Kier molecular flexibility index (Phi) is 4.38. The first-order valence-corrected chi connectivity index (χ1v) is 6.56. The molecule has 4 nitrogen and oxygen atoms in total. The van der Waals surface area contributed by atoms with E-state index >= 15 is 0 Å². The second-order valence-corrected chi connectivity index (χ2v) is 5.09. The van der Waals surface area contributed by atoms with E-state index in [9.17, 15) is 4.79 Å². The van der Waals surface area contributed by atoms with Crippen LogP contribution in [0.3, 0.4) is 0 Å². The number of benzene rings is 1. The lowest BCUT2D eigenvalue weighted by Crippen LogP contribution is -2.06. The number of methoxy groups -OCH3 is 1. The molecule has 7 heteroatoms. The summed E-state index contributed by atoms with van der Waals surface area (Å²) >= 11 is 17.9. The summed E-state index contributed by atoms with van der Waals surface area (Å²) in [6.07, 6.45) is 1.46. The molecule has 1 heterocycles. The Bertz CT molecular complexity index is 666. The van der Waals surface area contributed by atoms with Gasteiger partial charge >= 0.3 is 5.97 Å². The first-order valence-electron chi connectivity index (χ1n) is 5.42. The second kappa shape index (κ2) is 5.87. The number of rotatable bonds is 2. The van der Waals surface area contributed by atoms with Crippen LogP contribution in [0.2, 0.25) is 15.1 Å². The van der Waals surface area contributed by atoms with E-state index in [1.807, 2.05) is 0 Å². The van der Waals surface area contributed by atoms with Crippen molar-refractivity contribution < 1.29 is 9.53 Å². The zero-order valence-corrected chi connectivity index (χ0v) is 12.6. The third-order valence-corrected chi connectivity index (χ3v) is 3.82. The molecule has 0 saturated carbocycles. The van der Waals surface area contributed by atoms with Crippen LogP contribution in [0.4, 0.5) is 5.82 Å². The normalized spacial score (nSPS) is 10.4. The number of nitrogens with two attached hydrogens (primary N) is 1. The summed E-state index contributed by atoms with van der Waals surface area (Å²) in [5, 5.41) is 0.809. The predicted octanol–water partition coefficient (Wildman–Crippen LogP) is 4.08. The van der Waals surface area contributed by atoms with Crippen molar-refractivity contribution >= 4 is 46.6 Å². The van der Waals surface area contributed by atoms with E-state index in [0.717, 1.165) is 0 Å². The van der Waals surface area contributed by atoms with Gasteiger partial charge < -0.3 is 10.5 Å². The predicted molar refractivity (Wildman–Crippen MR) is 80.5 cm³/mol. The van der Waals surface area contributed by atoms with E-state index in [-0.39, 0.29) is 26.4 Å². The lowest BCUT2D eigenvalue weighted by molar-refractivity contribution is 0.0601. The van der Waals surface area contributed by atoms with Gasteiger partial charge in [0.2, 0.25) is 0 Å². The lowest BCUT2D eigenvalue weighted by Gasteiger charge is -2.10. The van der Waals surface area contributed by atoms with Gasteiger partial charge in [-0.2, -0.15) is 0 Å². The smallest absolute Gasteiger partial charge is 0.338 e. The average molecular weight is 332 g/mol. The molecule has 0 bridgehead atoms. The molecule has 104 valence electrons. The van der Waals surface area contributed by atoms with E-state index in [1.165, 1.54) is 19.4 Å². The summed E-state index contributed by atoms with van der Waals surface area (Å²) in [6.45, 7) is 0. The Balaban J connectivity index is 2.66. The van der Waals surface area contributed by atoms with Crippen LogP contribution >= 0.6 is 34.8 Å². The molecule has 20 heavy (non-hydrogen) atoms. The molecule has 0 radical (unpaired) electrons. The van der Waals surface area contributed by atoms with E-state index in [4.69, 9.17) is 45.3 Å². The van der Waals surface area contributed by atoms with E-state index in [2.05, 4.69) is 4.98 Å². The quantitative estimate of drug-likeness (QED) is 0.665. The third kappa shape index (κ3) is 2.82. The minimum Gasteiger partial charge on any atom is -0.465 e. The van der Waals surface area contributed by atoms with Crippen molar-refractivity contribution in [3.63, 3.8) is 0 Å². The van der Waals surface area contributed by atoms with Gasteiger partial charge in [0.1, 0.15) is 5.82 Å². The topological polar surface area (TPSA) is 65.2 Å². The van der Waals surface area contributed by atoms with Crippen LogP contribution in [0.15, 0.2) is 24.4 Å². The van der Waals surface area contributed by atoms with Crippen molar-refractivity contribution in [2.45, 2.75) is 0 Å². The van der Waals surface area contributed by atoms with Crippen LogP contribution in [-0.2, 0) is 4.74 Å². The standard InChI is InChI=1S/C13H9Cl3N2O2/c1-20-13(19)7-4-11(17)18-5-8(7)6-2-9(14)12(16)10(15)3-6/h2-5H,1H3,(H2,17,18). The molecule has 0 amide bonds. The average Bonchev–Trinajstić information content (AvgIpc) is 2.43. The highest BCUT2D eigenvalue weighted by atomic mass is 35.5. The number of aromatic nitrogens is 1. The molecule has 0 atom stereocenters. The first kappa shape index (κ1) is 14.9. The number of anilines is 1. The summed E-state index contributed by atoms with van der Waals surface area (Å²) in [6, 6.07) is 4.61. The maximum atomic E-state index is 11.8. The van der Waals surface area contributed by atoms with Crippen LogP contribution in [0.25, 0.3) is 11.1 Å². The molecule has 0 unspecified atom stereocenters. The van der Waals surface area contributed by atoms with Crippen molar-refractivity contribution in [2.75, 3.05) is 12.8 Å². The van der Waals surface area contributed by atoms with Crippen LogP contribution in [0.1, 0.15) is 10.4 Å². The largest absolute Gasteiger partial charge is 0.465 e. The second-order valence-electron chi connectivity index (χ2n) is 3.90. The molecule has 0 aliphatic carbocycles. The first-order chi connectivity index (χ1) is 9.43. The van der Waals surface area contributed by atoms with Crippen LogP contribution in [0, 0.1) is 0 Å². The molecule has 2 N–H and O–H groups in total. The Hall–Kier alpha value is -1.49. The number of hydrogen-bond acceptors (Lipinski definition) is 4. The molecule has 2 aromatic rings. The number of esters is 1. The third-order valence-electron chi connectivity index (χ3n) is 2.63. The number of nitrogens with zero attached hydrogens (tertiary/aromatic N) is 1. The van der Waals surface area contributed by atoms with Gasteiger partial charge in [-0.05, 0) is 23.8 Å². The summed E-state index contributed by atoms with van der Waals surface area (Å²) in [4.78, 5) is 15.8. The van der Waals surface area contributed by atoms with E-state index in [1.54, 1.807) is 12.1 Å². The highest BCUT2D eigenvalue weighted by Gasteiger charge is 2.16. The molecular formula is C13H9Cl3N2O2. The number of pyridine rings is 1. The molecule has 0 aliphatic rings. The van der Waals surface area contributed by atoms with Crippen LogP contribution in [-0.4, -0.2) is 18.1 Å². The molecule has 1 aromatic carbocycles. The maximum Gasteiger partial charge on any atom is 0.338 e. The van der Waals surface area contributed by atoms with Crippen molar-refractivity contribution in [3.8, 4) is 11.1 Å². The van der Waals surface area contributed by atoms with E-state index < -0.39 is 5.97 Å². The van der Waals surface area contributed by atoms with Gasteiger partial charge in [-0.25, -0.2) is 9.78 Å². The van der Waals surface area contributed by atoms with Crippen LogP contribution in [0.5, 0.6) is 0 Å². The Morgan fingerprint density at radius 2 is 1.80 bits per heavy atom. The molecule has 1 aromatic heterocycles. The highest BCUT2D eigenvalue weighted by molar-refractivity contribution is 6.48. The number of ether oxygens (including phenoxy) is 1. The van der Waals surface area contributed by atoms with Crippen molar-refractivity contribution in [1.82, 2.24) is 4.98 Å². The molecule has 0 fully saturated rings. The minimum absolute atomic E-state index is 0.209. The van der Waals surface area contributed by atoms with Gasteiger partial charge in [-0.15, -0.1) is 0 Å². The number of halogens is 3. The maximum absolute atomic E-state index is 11.8. The molecule has 2 rings (SSSR count). The van der Waals surface area contributed by atoms with Gasteiger partial charge in [-0.1, -0.05) is 34.8 Å². The van der Waals surface area contributed by atoms with E-state index in [0.29, 0.717) is 11.1 Å². The zero-order valence-electron chi connectivity index (χ0n) is 10.3. The number of hydrogen-bond donors (Lipinski definition) is 1. The molecule has 0 saturated heterocycles. The summed E-state index contributed by atoms with van der Waals surface area (Å²) in [5.74, 6) is -0.323. The van der Waals surface area contributed by atoms with Crippen molar-refractivity contribution in [2.24, 2.45) is 0 Å². The van der Waals surface area contributed by atoms with Gasteiger partial charge in [0.05, 0.1) is 27.7 Å². The lowest BCUT2D eigenvalue weighted by atomic mass is 10.0. The fourth-order valence-electron chi connectivity index (χ4n) is 1.69. The Morgan fingerprint density at radius 3 is 2.35 bits per heavy atom.